The summed E-state index contributed by atoms with van der Waals surface area (Å²) in [6, 6.07) is 11.5. The lowest BCUT2D eigenvalue weighted by Crippen LogP contribution is -2.12. The van der Waals surface area contributed by atoms with Crippen molar-refractivity contribution in [2.75, 3.05) is 12.9 Å². The van der Waals surface area contributed by atoms with Crippen molar-refractivity contribution >= 4 is 17.7 Å². The van der Waals surface area contributed by atoms with Gasteiger partial charge in [0.1, 0.15) is 11.5 Å². The molecule has 0 unspecified atom stereocenters. The summed E-state index contributed by atoms with van der Waals surface area (Å²) >= 11 is 1.11. The molecular weight excluding hydrogens is 342 g/mol. The highest BCUT2D eigenvalue weighted by molar-refractivity contribution is 7.99. The van der Waals surface area contributed by atoms with Crippen molar-refractivity contribution in [3.63, 3.8) is 0 Å². The quantitative estimate of drug-likeness (QED) is 0.616. The maximum Gasteiger partial charge on any atom is 0.277 e. The molecule has 3 rings (SSSR count). The average Bonchev–Trinajstić information content (AvgIpc) is 3.29. The van der Waals surface area contributed by atoms with Gasteiger partial charge in [-0.25, -0.2) is 0 Å². The molecule has 0 radical (unpaired) electrons. The van der Waals surface area contributed by atoms with E-state index in [1.165, 1.54) is 0 Å². The Kier molecular flexibility index (Phi) is 5.39. The molecule has 3 aromatic rings. The molecule has 0 bridgehead atoms. The normalized spacial score (nSPS) is 12.0. The third-order valence-corrected chi connectivity index (χ3v) is 4.41. The lowest BCUT2D eigenvalue weighted by molar-refractivity contribution is -0.115. The Morgan fingerprint density at radius 1 is 1.28 bits per heavy atom. The van der Waals surface area contributed by atoms with Crippen LogP contribution in [0.4, 0.5) is 0 Å². The first-order chi connectivity index (χ1) is 12.2. The van der Waals surface area contributed by atoms with Crippen molar-refractivity contribution in [1.29, 1.82) is 0 Å². The molecule has 1 aromatic carbocycles. The number of benzene rings is 1. The molecule has 2 N–H and O–H groups in total. The monoisotopic (exact) mass is 359 g/mol. The van der Waals surface area contributed by atoms with Crippen molar-refractivity contribution in [1.82, 2.24) is 10.2 Å². The van der Waals surface area contributed by atoms with Gasteiger partial charge in [0.2, 0.25) is 11.8 Å². The Hall–Kier alpha value is -2.74. The SMILES string of the molecule is COc1ccccc1[C@@H](Cc1nnc(SCC(N)=O)o1)c1ccco1. The minimum atomic E-state index is -0.438. The molecule has 8 heteroatoms. The Balaban J connectivity index is 1.85. The average molecular weight is 359 g/mol. The number of amides is 1. The number of carbonyl (C=O) groups is 1. The Morgan fingerprint density at radius 3 is 2.84 bits per heavy atom. The zero-order valence-corrected chi connectivity index (χ0v) is 14.4. The number of furan rings is 1. The van der Waals surface area contributed by atoms with Crippen LogP contribution in [0.15, 0.2) is 56.7 Å². The summed E-state index contributed by atoms with van der Waals surface area (Å²) in [5, 5.41) is 8.30. The van der Waals surface area contributed by atoms with E-state index in [1.807, 2.05) is 36.4 Å². The van der Waals surface area contributed by atoms with Gasteiger partial charge in [0.05, 0.1) is 25.0 Å². The molecule has 2 aromatic heterocycles. The third kappa shape index (κ3) is 4.21. The number of rotatable bonds is 8. The van der Waals surface area contributed by atoms with Crippen LogP contribution in [-0.4, -0.2) is 29.0 Å². The molecule has 0 aliphatic heterocycles. The van der Waals surface area contributed by atoms with E-state index in [0.717, 1.165) is 28.8 Å². The maximum atomic E-state index is 10.9. The number of hydrogen-bond donors (Lipinski definition) is 1. The summed E-state index contributed by atoms with van der Waals surface area (Å²) < 4.78 is 16.7. The molecule has 130 valence electrons. The van der Waals surface area contributed by atoms with E-state index in [-0.39, 0.29) is 11.7 Å². The highest BCUT2D eigenvalue weighted by atomic mass is 32.2. The molecule has 0 aliphatic carbocycles. The summed E-state index contributed by atoms with van der Waals surface area (Å²) in [4.78, 5) is 10.9. The van der Waals surface area contributed by atoms with Crippen molar-refractivity contribution in [3.05, 3.63) is 59.9 Å². The van der Waals surface area contributed by atoms with E-state index in [9.17, 15) is 4.79 Å². The van der Waals surface area contributed by atoms with Gasteiger partial charge in [-0.1, -0.05) is 30.0 Å². The van der Waals surface area contributed by atoms with Crippen LogP contribution in [0, 0.1) is 0 Å². The topological polar surface area (TPSA) is 104 Å². The van der Waals surface area contributed by atoms with Gasteiger partial charge in [0, 0.05) is 12.0 Å². The van der Waals surface area contributed by atoms with Crippen LogP contribution in [0.25, 0.3) is 0 Å². The highest BCUT2D eigenvalue weighted by Crippen LogP contribution is 2.34. The van der Waals surface area contributed by atoms with Gasteiger partial charge in [0.25, 0.3) is 5.22 Å². The second-order valence-electron chi connectivity index (χ2n) is 5.23. The van der Waals surface area contributed by atoms with E-state index in [4.69, 9.17) is 19.3 Å². The number of para-hydroxylation sites is 1. The second-order valence-corrected chi connectivity index (χ2v) is 6.16. The molecule has 25 heavy (non-hydrogen) atoms. The first-order valence-corrected chi connectivity index (χ1v) is 8.55. The van der Waals surface area contributed by atoms with E-state index < -0.39 is 5.91 Å². The maximum absolute atomic E-state index is 10.9. The van der Waals surface area contributed by atoms with E-state index in [0.29, 0.717) is 17.5 Å². The largest absolute Gasteiger partial charge is 0.496 e. The van der Waals surface area contributed by atoms with Crippen LogP contribution >= 0.6 is 11.8 Å². The summed E-state index contributed by atoms with van der Waals surface area (Å²) in [7, 11) is 1.63. The Morgan fingerprint density at radius 2 is 2.12 bits per heavy atom. The fourth-order valence-electron chi connectivity index (χ4n) is 2.49. The van der Waals surface area contributed by atoms with Crippen LogP contribution < -0.4 is 10.5 Å². The molecule has 2 heterocycles. The zero-order valence-electron chi connectivity index (χ0n) is 13.5. The Bertz CT molecular complexity index is 832. The summed E-state index contributed by atoms with van der Waals surface area (Å²) in [5.74, 6) is 1.49. The van der Waals surface area contributed by atoms with Crippen LogP contribution in [0.1, 0.15) is 23.1 Å². The number of carbonyl (C=O) groups excluding carboxylic acids is 1. The fraction of sp³-hybridized carbons (Fsp3) is 0.235. The first kappa shape index (κ1) is 17.1. The molecule has 0 saturated heterocycles. The van der Waals surface area contributed by atoms with E-state index >= 15 is 0 Å². The molecule has 1 atom stereocenters. The van der Waals surface area contributed by atoms with Gasteiger partial charge in [-0.05, 0) is 18.2 Å². The Labute approximate surface area is 148 Å². The zero-order chi connectivity index (χ0) is 17.6. The van der Waals surface area contributed by atoms with Gasteiger partial charge < -0.3 is 19.3 Å². The van der Waals surface area contributed by atoms with Crippen molar-refractivity contribution in [3.8, 4) is 5.75 Å². The molecular formula is C17H17N3O4S. The van der Waals surface area contributed by atoms with Gasteiger partial charge in [-0.3, -0.25) is 4.79 Å². The number of nitrogens with two attached hydrogens (primary N) is 1. The molecule has 1 amide bonds. The molecule has 0 saturated carbocycles. The first-order valence-electron chi connectivity index (χ1n) is 7.57. The highest BCUT2D eigenvalue weighted by Gasteiger charge is 2.24. The lowest BCUT2D eigenvalue weighted by Gasteiger charge is -2.16. The molecule has 0 aliphatic rings. The van der Waals surface area contributed by atoms with Crippen LogP contribution in [-0.2, 0) is 11.2 Å². The van der Waals surface area contributed by atoms with Crippen molar-refractivity contribution < 1.29 is 18.4 Å². The van der Waals surface area contributed by atoms with Gasteiger partial charge in [-0.2, -0.15) is 0 Å². The van der Waals surface area contributed by atoms with Gasteiger partial charge in [0.15, 0.2) is 0 Å². The molecule has 7 nitrogen and oxygen atoms in total. The predicted molar refractivity (Wildman–Crippen MR) is 91.5 cm³/mol. The van der Waals surface area contributed by atoms with Crippen molar-refractivity contribution in [2.45, 2.75) is 17.6 Å². The standard InChI is InChI=1S/C17H17N3O4S/c1-22-13-6-3-2-5-11(13)12(14-7-4-8-23-14)9-16-19-20-17(24-16)25-10-15(18)21/h2-8,12H,9-10H2,1H3,(H2,18,21)/t12-/m1/s1. The number of methoxy groups -OCH3 is 1. The fourth-order valence-corrected chi connectivity index (χ4v) is 3.01. The van der Waals surface area contributed by atoms with E-state index in [1.54, 1.807) is 13.4 Å². The van der Waals surface area contributed by atoms with Gasteiger partial charge >= 0.3 is 0 Å². The van der Waals surface area contributed by atoms with Crippen LogP contribution in [0.2, 0.25) is 0 Å². The number of aromatic nitrogens is 2. The summed E-state index contributed by atoms with van der Waals surface area (Å²) in [5.41, 5.74) is 6.09. The summed E-state index contributed by atoms with van der Waals surface area (Å²) in [6.45, 7) is 0. The number of nitrogens with zero attached hydrogens (tertiary/aromatic N) is 2. The van der Waals surface area contributed by atoms with Crippen molar-refractivity contribution in [2.24, 2.45) is 5.73 Å². The van der Waals surface area contributed by atoms with E-state index in [2.05, 4.69) is 10.2 Å². The molecule has 0 fully saturated rings. The number of primary amides is 1. The third-order valence-electron chi connectivity index (χ3n) is 3.57. The summed E-state index contributed by atoms with van der Waals surface area (Å²) in [6.07, 6.45) is 2.07. The number of ether oxygens (including phenoxy) is 1. The minimum Gasteiger partial charge on any atom is -0.496 e. The molecule has 0 spiro atoms. The lowest BCUT2D eigenvalue weighted by atomic mass is 9.92. The van der Waals surface area contributed by atoms with Crippen LogP contribution in [0.5, 0.6) is 5.75 Å². The predicted octanol–water partition coefficient (Wildman–Crippen LogP) is 2.62. The van der Waals surface area contributed by atoms with Gasteiger partial charge in [-0.15, -0.1) is 10.2 Å². The number of hydrogen-bond acceptors (Lipinski definition) is 7. The minimum absolute atomic E-state index is 0.0930. The smallest absolute Gasteiger partial charge is 0.277 e. The number of thioether (sulfide) groups is 1. The van der Waals surface area contributed by atoms with Crippen LogP contribution in [0.3, 0.4) is 0 Å². The second kappa shape index (κ2) is 7.89.